The first-order valence-corrected chi connectivity index (χ1v) is 8.26. The molecule has 1 fully saturated rings. The number of hydrogen-bond acceptors (Lipinski definition) is 6. The van der Waals surface area contributed by atoms with Crippen LogP contribution in [0, 0.1) is 0 Å². The second-order valence-corrected chi connectivity index (χ2v) is 5.77. The van der Waals surface area contributed by atoms with E-state index in [9.17, 15) is 4.79 Å². The van der Waals surface area contributed by atoms with Gasteiger partial charge in [0, 0.05) is 31.6 Å². The van der Waals surface area contributed by atoms with E-state index in [-0.39, 0.29) is 5.91 Å². The Balaban J connectivity index is 1.51. The first kappa shape index (κ1) is 16.3. The Morgan fingerprint density at radius 1 is 1.33 bits per heavy atom. The molecule has 1 N–H and O–H groups in total. The zero-order chi connectivity index (χ0) is 16.8. The number of nitrogens with zero attached hydrogens (tertiary/aromatic N) is 3. The molecule has 24 heavy (non-hydrogen) atoms. The topological polar surface area (TPSA) is 80.5 Å². The van der Waals surface area contributed by atoms with Gasteiger partial charge in [0.05, 0.1) is 7.11 Å². The number of carbonyl (C=O) groups is 1. The van der Waals surface area contributed by atoms with E-state index >= 15 is 0 Å². The number of likely N-dealkylation sites (tertiary alicyclic amines) is 1. The number of benzene rings is 1. The number of nitrogens with one attached hydrogen (secondary N) is 1. The van der Waals surface area contributed by atoms with Crippen LogP contribution in [-0.2, 0) is 4.79 Å². The predicted molar refractivity (Wildman–Crippen MR) is 89.8 cm³/mol. The van der Waals surface area contributed by atoms with Gasteiger partial charge in [-0.05, 0) is 31.4 Å². The summed E-state index contributed by atoms with van der Waals surface area (Å²) >= 11 is 0. The van der Waals surface area contributed by atoms with Crippen LogP contribution in [0.5, 0.6) is 5.75 Å². The second-order valence-electron chi connectivity index (χ2n) is 5.77. The number of aromatic nitrogens is 2. The number of methoxy groups -OCH3 is 1. The van der Waals surface area contributed by atoms with E-state index in [0.717, 1.165) is 37.2 Å². The largest absolute Gasteiger partial charge is 0.497 e. The van der Waals surface area contributed by atoms with Crippen molar-refractivity contribution in [1.29, 1.82) is 0 Å². The number of carbonyl (C=O) groups excluding carboxylic acids is 1. The molecule has 1 aliphatic heterocycles. The second kappa shape index (κ2) is 7.81. The first-order chi connectivity index (χ1) is 11.8. The first-order valence-electron chi connectivity index (χ1n) is 8.26. The molecule has 2 aromatic rings. The fourth-order valence-corrected chi connectivity index (χ4v) is 2.75. The van der Waals surface area contributed by atoms with Crippen molar-refractivity contribution in [2.75, 3.05) is 32.1 Å². The Morgan fingerprint density at radius 2 is 2.17 bits per heavy atom. The van der Waals surface area contributed by atoms with Gasteiger partial charge >= 0.3 is 6.01 Å². The zero-order valence-corrected chi connectivity index (χ0v) is 13.8. The molecule has 0 unspecified atom stereocenters. The van der Waals surface area contributed by atoms with Gasteiger partial charge in [0.25, 0.3) is 0 Å². The van der Waals surface area contributed by atoms with E-state index in [1.165, 1.54) is 6.42 Å². The third-order valence-corrected chi connectivity index (χ3v) is 4.08. The number of amides is 1. The molecule has 0 aliphatic carbocycles. The molecule has 1 amide bonds. The normalized spacial score (nSPS) is 14.5. The van der Waals surface area contributed by atoms with Crippen LogP contribution < -0.4 is 10.1 Å². The molecule has 128 valence electrons. The summed E-state index contributed by atoms with van der Waals surface area (Å²) in [5.74, 6) is 1.40. The molecule has 0 saturated carbocycles. The molecule has 1 aromatic heterocycles. The van der Waals surface area contributed by atoms with Crippen molar-refractivity contribution in [2.24, 2.45) is 0 Å². The number of ether oxygens (including phenoxy) is 1. The Morgan fingerprint density at radius 3 is 2.96 bits per heavy atom. The molecule has 0 atom stereocenters. The summed E-state index contributed by atoms with van der Waals surface area (Å²) in [6.45, 7) is 2.23. The van der Waals surface area contributed by atoms with Crippen LogP contribution in [0.25, 0.3) is 11.4 Å². The summed E-state index contributed by atoms with van der Waals surface area (Å²) in [5, 5.41) is 6.96. The Kier molecular flexibility index (Phi) is 5.30. The molecule has 7 heteroatoms. The van der Waals surface area contributed by atoms with Gasteiger partial charge in [0.1, 0.15) is 5.75 Å². The lowest BCUT2D eigenvalue weighted by Gasteiger charge is -2.26. The highest BCUT2D eigenvalue weighted by Crippen LogP contribution is 2.22. The maximum atomic E-state index is 12.1. The fourth-order valence-electron chi connectivity index (χ4n) is 2.75. The molecular formula is C17H22N4O3. The summed E-state index contributed by atoms with van der Waals surface area (Å²) in [6.07, 6.45) is 3.85. The number of hydrogen-bond donors (Lipinski definition) is 1. The molecule has 1 saturated heterocycles. The fraction of sp³-hybridized carbons (Fsp3) is 0.471. The van der Waals surface area contributed by atoms with Gasteiger partial charge < -0.3 is 19.5 Å². The third-order valence-electron chi connectivity index (χ3n) is 4.08. The Labute approximate surface area is 141 Å². The van der Waals surface area contributed by atoms with Crippen LogP contribution in [0.1, 0.15) is 25.7 Å². The molecule has 7 nitrogen and oxygen atoms in total. The number of rotatable bonds is 6. The lowest BCUT2D eigenvalue weighted by Crippen LogP contribution is -2.36. The average molecular weight is 330 g/mol. The lowest BCUT2D eigenvalue weighted by molar-refractivity contribution is -0.131. The molecule has 0 spiro atoms. The zero-order valence-electron chi connectivity index (χ0n) is 13.8. The van der Waals surface area contributed by atoms with Crippen molar-refractivity contribution in [1.82, 2.24) is 15.0 Å². The van der Waals surface area contributed by atoms with Crippen molar-refractivity contribution in [3.63, 3.8) is 0 Å². The highest BCUT2D eigenvalue weighted by molar-refractivity contribution is 5.76. The van der Waals surface area contributed by atoms with Crippen LogP contribution in [0.4, 0.5) is 6.01 Å². The molecule has 1 aromatic carbocycles. The molecule has 0 radical (unpaired) electrons. The van der Waals surface area contributed by atoms with Crippen LogP contribution in [0.15, 0.2) is 28.8 Å². The van der Waals surface area contributed by atoms with Gasteiger partial charge in [-0.2, -0.15) is 4.98 Å². The lowest BCUT2D eigenvalue weighted by atomic mass is 10.1. The minimum Gasteiger partial charge on any atom is -0.497 e. The van der Waals surface area contributed by atoms with E-state index in [2.05, 4.69) is 15.5 Å². The van der Waals surface area contributed by atoms with Crippen LogP contribution in [0.2, 0.25) is 0 Å². The van der Waals surface area contributed by atoms with E-state index < -0.39 is 0 Å². The predicted octanol–water partition coefficient (Wildman–Crippen LogP) is 2.56. The summed E-state index contributed by atoms with van der Waals surface area (Å²) < 4.78 is 10.4. The molecular weight excluding hydrogens is 308 g/mol. The SMILES string of the molecule is COc1cccc(-c2noc(NCCC(=O)N3CCCCC3)n2)c1. The van der Waals surface area contributed by atoms with Crippen LogP contribution in [0.3, 0.4) is 0 Å². The van der Waals surface area contributed by atoms with Gasteiger partial charge in [-0.25, -0.2) is 0 Å². The smallest absolute Gasteiger partial charge is 0.321 e. The summed E-state index contributed by atoms with van der Waals surface area (Å²) in [6, 6.07) is 7.77. The van der Waals surface area contributed by atoms with Crippen molar-refractivity contribution in [3.05, 3.63) is 24.3 Å². The average Bonchev–Trinajstić information content (AvgIpc) is 3.11. The molecule has 0 bridgehead atoms. The Bertz CT molecular complexity index is 680. The van der Waals surface area contributed by atoms with E-state index in [1.54, 1.807) is 7.11 Å². The maximum absolute atomic E-state index is 12.1. The van der Waals surface area contributed by atoms with Crippen LogP contribution >= 0.6 is 0 Å². The molecule has 3 rings (SSSR count). The van der Waals surface area contributed by atoms with Gasteiger partial charge in [-0.3, -0.25) is 4.79 Å². The minimum atomic E-state index is 0.176. The minimum absolute atomic E-state index is 0.176. The van der Waals surface area contributed by atoms with Gasteiger partial charge in [-0.15, -0.1) is 0 Å². The monoisotopic (exact) mass is 330 g/mol. The highest BCUT2D eigenvalue weighted by atomic mass is 16.5. The van der Waals surface area contributed by atoms with E-state index in [1.807, 2.05) is 29.2 Å². The number of piperidine rings is 1. The van der Waals surface area contributed by atoms with Gasteiger partial charge in [0.2, 0.25) is 11.7 Å². The van der Waals surface area contributed by atoms with Gasteiger partial charge in [0.15, 0.2) is 0 Å². The molecule has 2 heterocycles. The quantitative estimate of drug-likeness (QED) is 0.877. The van der Waals surface area contributed by atoms with Crippen molar-refractivity contribution < 1.29 is 14.1 Å². The Hall–Kier alpha value is -2.57. The standard InChI is InChI=1S/C17H22N4O3/c1-23-14-7-5-6-13(12-14)16-19-17(24-20-16)18-9-8-15(22)21-10-3-2-4-11-21/h5-7,12H,2-4,8-11H2,1H3,(H,18,19,20). The summed E-state index contributed by atoms with van der Waals surface area (Å²) in [4.78, 5) is 18.3. The van der Waals surface area contributed by atoms with E-state index in [0.29, 0.717) is 24.8 Å². The number of anilines is 1. The van der Waals surface area contributed by atoms with Crippen LogP contribution in [-0.4, -0.2) is 47.7 Å². The highest BCUT2D eigenvalue weighted by Gasteiger charge is 2.16. The summed E-state index contributed by atoms with van der Waals surface area (Å²) in [7, 11) is 1.61. The maximum Gasteiger partial charge on any atom is 0.321 e. The van der Waals surface area contributed by atoms with Crippen molar-refractivity contribution in [3.8, 4) is 17.1 Å². The van der Waals surface area contributed by atoms with Gasteiger partial charge in [-0.1, -0.05) is 17.3 Å². The van der Waals surface area contributed by atoms with Crippen molar-refractivity contribution >= 4 is 11.9 Å². The summed E-state index contributed by atoms with van der Waals surface area (Å²) in [5.41, 5.74) is 0.815. The third kappa shape index (κ3) is 4.04. The molecule has 1 aliphatic rings. The van der Waals surface area contributed by atoms with Crippen molar-refractivity contribution in [2.45, 2.75) is 25.7 Å². The van der Waals surface area contributed by atoms with E-state index in [4.69, 9.17) is 9.26 Å².